The van der Waals surface area contributed by atoms with Crippen molar-refractivity contribution in [3.8, 4) is 0 Å². The molecule has 176 valence electrons. The lowest BCUT2D eigenvalue weighted by Crippen LogP contribution is -2.49. The number of aromatic nitrogens is 1. The van der Waals surface area contributed by atoms with Crippen molar-refractivity contribution in [2.45, 2.75) is 30.2 Å². The third kappa shape index (κ3) is 8.58. The predicted octanol–water partition coefficient (Wildman–Crippen LogP) is 4.83. The number of nitrogens with zero attached hydrogens (tertiary/aromatic N) is 3. The van der Waals surface area contributed by atoms with Crippen LogP contribution in [-0.4, -0.2) is 48.9 Å². The average molecular weight is 578 g/mol. The molecule has 3 aromatic rings. The van der Waals surface area contributed by atoms with E-state index >= 15 is 0 Å². The van der Waals surface area contributed by atoms with Crippen molar-refractivity contribution in [1.82, 2.24) is 15.6 Å². The summed E-state index contributed by atoms with van der Waals surface area (Å²) < 4.78 is 5.44. The van der Waals surface area contributed by atoms with Crippen molar-refractivity contribution in [3.05, 3.63) is 78.9 Å². The first kappa shape index (κ1) is 25.4. The minimum atomic E-state index is 0. The lowest BCUT2D eigenvalue weighted by molar-refractivity contribution is 0.459. The molecule has 6 nitrogen and oxygen atoms in total. The Labute approximate surface area is 217 Å². The van der Waals surface area contributed by atoms with Crippen LogP contribution in [0.5, 0.6) is 0 Å². The maximum absolute atomic E-state index is 5.44. The Hall–Kier alpha value is -2.20. The third-order valence-electron chi connectivity index (χ3n) is 5.42. The number of guanidine groups is 1. The topological polar surface area (TPSA) is 65.7 Å². The van der Waals surface area contributed by atoms with Gasteiger partial charge in [-0.05, 0) is 49.2 Å². The standard InChI is InChI=1S/C25H31N5OS.HI/c1-2-8-23(9-3-1)32-20-16-28-25(27-15-11-22-7-6-19-31-22)29-21-12-17-30(18-13-21)24-10-4-5-14-26-24;/h1-10,14,19,21H,11-13,15-18,20H2,(H2,27,28,29);1H. The minimum Gasteiger partial charge on any atom is -0.469 e. The van der Waals surface area contributed by atoms with Gasteiger partial charge in [0.25, 0.3) is 0 Å². The highest BCUT2D eigenvalue weighted by Crippen LogP contribution is 2.18. The Balaban J connectivity index is 0.00000306. The van der Waals surface area contributed by atoms with Gasteiger partial charge >= 0.3 is 0 Å². The molecule has 0 atom stereocenters. The van der Waals surface area contributed by atoms with Crippen molar-refractivity contribution in [3.63, 3.8) is 0 Å². The fourth-order valence-electron chi connectivity index (χ4n) is 3.73. The van der Waals surface area contributed by atoms with Gasteiger partial charge < -0.3 is 20.0 Å². The molecule has 3 heterocycles. The first-order chi connectivity index (χ1) is 15.9. The van der Waals surface area contributed by atoms with Crippen LogP contribution in [0.3, 0.4) is 0 Å². The monoisotopic (exact) mass is 577 g/mol. The number of nitrogens with one attached hydrogen (secondary N) is 2. The molecule has 0 spiro atoms. The maximum atomic E-state index is 5.44. The molecular weight excluding hydrogens is 545 g/mol. The number of rotatable bonds is 9. The number of anilines is 1. The van der Waals surface area contributed by atoms with Gasteiger partial charge in [0.15, 0.2) is 5.96 Å². The van der Waals surface area contributed by atoms with E-state index in [9.17, 15) is 0 Å². The molecule has 1 fully saturated rings. The summed E-state index contributed by atoms with van der Waals surface area (Å²) in [6, 6.07) is 20.9. The van der Waals surface area contributed by atoms with E-state index in [-0.39, 0.29) is 24.0 Å². The van der Waals surface area contributed by atoms with Crippen molar-refractivity contribution in [2.75, 3.05) is 36.8 Å². The van der Waals surface area contributed by atoms with E-state index in [0.717, 1.165) is 62.2 Å². The number of piperidine rings is 1. The average Bonchev–Trinajstić information content (AvgIpc) is 3.37. The van der Waals surface area contributed by atoms with Gasteiger partial charge in [0.2, 0.25) is 0 Å². The summed E-state index contributed by atoms with van der Waals surface area (Å²) in [5.74, 6) is 3.91. The molecule has 1 aliphatic rings. The van der Waals surface area contributed by atoms with Crippen LogP contribution in [0.25, 0.3) is 0 Å². The van der Waals surface area contributed by atoms with Crippen molar-refractivity contribution >= 4 is 47.5 Å². The molecule has 8 heteroatoms. The first-order valence-corrected chi connectivity index (χ1v) is 12.3. The summed E-state index contributed by atoms with van der Waals surface area (Å²) in [7, 11) is 0. The Morgan fingerprint density at radius 2 is 1.88 bits per heavy atom. The van der Waals surface area contributed by atoms with Crippen molar-refractivity contribution in [1.29, 1.82) is 0 Å². The lowest BCUT2D eigenvalue weighted by atomic mass is 10.1. The van der Waals surface area contributed by atoms with Gasteiger partial charge in [-0.25, -0.2) is 4.98 Å². The summed E-state index contributed by atoms with van der Waals surface area (Å²) in [4.78, 5) is 12.9. The molecule has 2 aromatic heterocycles. The fourth-order valence-corrected chi connectivity index (χ4v) is 4.52. The molecule has 33 heavy (non-hydrogen) atoms. The number of pyridine rings is 1. The van der Waals surface area contributed by atoms with Crippen LogP contribution >= 0.6 is 35.7 Å². The molecule has 4 rings (SSSR count). The van der Waals surface area contributed by atoms with Gasteiger partial charge in [-0.2, -0.15) is 0 Å². The molecule has 0 amide bonds. The van der Waals surface area contributed by atoms with E-state index in [1.165, 1.54) is 4.90 Å². The van der Waals surface area contributed by atoms with E-state index in [1.807, 2.05) is 42.2 Å². The van der Waals surface area contributed by atoms with Crippen LogP contribution in [0.15, 0.2) is 87.4 Å². The van der Waals surface area contributed by atoms with Crippen LogP contribution in [-0.2, 0) is 6.42 Å². The number of aliphatic imine (C=N–C) groups is 1. The zero-order chi connectivity index (χ0) is 21.8. The SMILES string of the molecule is I.c1ccc(SCCNC(=NCCc2ccco2)NC2CCN(c3ccccn3)CC2)cc1. The number of furan rings is 1. The van der Waals surface area contributed by atoms with Crippen LogP contribution < -0.4 is 15.5 Å². The Kier molecular flexibility index (Phi) is 10.9. The highest BCUT2D eigenvalue weighted by atomic mass is 127. The summed E-state index contributed by atoms with van der Waals surface area (Å²) in [6.45, 7) is 3.55. The zero-order valence-corrected chi connectivity index (χ0v) is 21.9. The van der Waals surface area contributed by atoms with E-state index in [0.29, 0.717) is 12.6 Å². The van der Waals surface area contributed by atoms with Gasteiger partial charge in [-0.3, -0.25) is 4.99 Å². The zero-order valence-electron chi connectivity index (χ0n) is 18.7. The van der Waals surface area contributed by atoms with Crippen molar-refractivity contribution in [2.24, 2.45) is 4.99 Å². The van der Waals surface area contributed by atoms with Crippen LogP contribution in [0.4, 0.5) is 5.82 Å². The van der Waals surface area contributed by atoms with Gasteiger partial charge in [-0.1, -0.05) is 24.3 Å². The quantitative estimate of drug-likeness (QED) is 0.125. The second-order valence-electron chi connectivity index (χ2n) is 7.74. The van der Waals surface area contributed by atoms with Gasteiger partial charge in [0.1, 0.15) is 11.6 Å². The lowest BCUT2D eigenvalue weighted by Gasteiger charge is -2.33. The Bertz CT molecular complexity index is 932. The molecule has 0 saturated carbocycles. The fraction of sp³-hybridized carbons (Fsp3) is 0.360. The highest BCUT2D eigenvalue weighted by Gasteiger charge is 2.20. The Morgan fingerprint density at radius 1 is 1.06 bits per heavy atom. The van der Waals surface area contributed by atoms with E-state index in [2.05, 4.69) is 56.9 Å². The number of hydrogen-bond donors (Lipinski definition) is 2. The Morgan fingerprint density at radius 3 is 2.61 bits per heavy atom. The van der Waals surface area contributed by atoms with Gasteiger partial charge in [0, 0.05) is 55.5 Å². The maximum Gasteiger partial charge on any atom is 0.191 e. The third-order valence-corrected chi connectivity index (χ3v) is 6.44. The van der Waals surface area contributed by atoms with Crippen LogP contribution in [0.1, 0.15) is 18.6 Å². The van der Waals surface area contributed by atoms with Gasteiger partial charge in [0.05, 0.1) is 6.26 Å². The largest absolute Gasteiger partial charge is 0.469 e. The molecule has 0 aliphatic carbocycles. The first-order valence-electron chi connectivity index (χ1n) is 11.3. The molecule has 0 bridgehead atoms. The van der Waals surface area contributed by atoms with E-state index < -0.39 is 0 Å². The second-order valence-corrected chi connectivity index (χ2v) is 8.91. The number of halogens is 1. The van der Waals surface area contributed by atoms with Gasteiger partial charge in [-0.15, -0.1) is 35.7 Å². The predicted molar refractivity (Wildman–Crippen MR) is 148 cm³/mol. The molecule has 2 N–H and O–H groups in total. The van der Waals surface area contributed by atoms with Crippen LogP contribution in [0.2, 0.25) is 0 Å². The summed E-state index contributed by atoms with van der Waals surface area (Å²) in [6.07, 6.45) is 6.51. The number of thioether (sulfide) groups is 1. The number of benzene rings is 1. The van der Waals surface area contributed by atoms with Crippen LogP contribution in [0, 0.1) is 0 Å². The molecule has 1 saturated heterocycles. The highest BCUT2D eigenvalue weighted by molar-refractivity contribution is 14.0. The molecule has 1 aliphatic heterocycles. The van der Waals surface area contributed by atoms with E-state index in [4.69, 9.17) is 9.41 Å². The molecular formula is C25H32IN5OS. The molecule has 0 unspecified atom stereocenters. The summed E-state index contributed by atoms with van der Waals surface area (Å²) >= 11 is 1.85. The second kappa shape index (κ2) is 14.1. The smallest absolute Gasteiger partial charge is 0.191 e. The van der Waals surface area contributed by atoms with Crippen molar-refractivity contribution < 1.29 is 4.42 Å². The summed E-state index contributed by atoms with van der Waals surface area (Å²) in [5.41, 5.74) is 0. The van der Waals surface area contributed by atoms with E-state index in [1.54, 1.807) is 6.26 Å². The summed E-state index contributed by atoms with van der Waals surface area (Å²) in [5, 5.41) is 7.18. The minimum absolute atomic E-state index is 0. The normalized spacial score (nSPS) is 14.5. The molecule has 1 aromatic carbocycles. The number of hydrogen-bond acceptors (Lipinski definition) is 5. The molecule has 0 radical (unpaired) electrons.